The summed E-state index contributed by atoms with van der Waals surface area (Å²) >= 11 is 0. The molecule has 35 heavy (non-hydrogen) atoms. The van der Waals surface area contributed by atoms with Crippen molar-refractivity contribution in [3.8, 4) is 16.9 Å². The molecule has 4 rings (SSSR count). The molecule has 2 N–H and O–H groups in total. The van der Waals surface area contributed by atoms with Crippen molar-refractivity contribution in [2.24, 2.45) is 11.8 Å². The molecule has 1 aliphatic carbocycles. The van der Waals surface area contributed by atoms with Crippen molar-refractivity contribution in [1.29, 1.82) is 0 Å². The molecule has 3 aromatic rings. The molecule has 7 nitrogen and oxygen atoms in total. The van der Waals surface area contributed by atoms with E-state index in [0.717, 1.165) is 17.5 Å². The van der Waals surface area contributed by atoms with Crippen molar-refractivity contribution < 1.29 is 23.9 Å². The first-order valence-electron chi connectivity index (χ1n) is 11.5. The number of hydrogen-bond acceptors (Lipinski definition) is 5. The fourth-order valence-corrected chi connectivity index (χ4v) is 4.46. The Morgan fingerprint density at radius 2 is 1.23 bits per heavy atom. The smallest absolute Gasteiger partial charge is 0.323 e. The molecule has 0 aliphatic heterocycles. The van der Waals surface area contributed by atoms with E-state index in [9.17, 15) is 14.4 Å². The molecule has 2 atom stereocenters. The van der Waals surface area contributed by atoms with Crippen LogP contribution in [0.2, 0.25) is 0 Å². The summed E-state index contributed by atoms with van der Waals surface area (Å²) in [5.74, 6) is -0.263. The zero-order valence-corrected chi connectivity index (χ0v) is 19.7. The molecule has 180 valence electrons. The van der Waals surface area contributed by atoms with Gasteiger partial charge in [0.15, 0.2) is 5.78 Å². The monoisotopic (exact) mass is 472 g/mol. The molecule has 1 fully saturated rings. The molecule has 0 bridgehead atoms. The van der Waals surface area contributed by atoms with Crippen LogP contribution in [0.3, 0.4) is 0 Å². The third-order valence-electron chi connectivity index (χ3n) is 6.35. The number of methoxy groups -OCH3 is 2. The van der Waals surface area contributed by atoms with Gasteiger partial charge in [0.25, 0.3) is 0 Å². The predicted octanol–water partition coefficient (Wildman–Crippen LogP) is 5.78. The molecule has 3 aromatic carbocycles. The summed E-state index contributed by atoms with van der Waals surface area (Å²) in [5.41, 5.74) is 3.82. The van der Waals surface area contributed by atoms with Crippen molar-refractivity contribution in [3.05, 3.63) is 78.4 Å². The van der Waals surface area contributed by atoms with Crippen LogP contribution in [0, 0.1) is 11.8 Å². The maximum Gasteiger partial charge on any atom is 0.323 e. The summed E-state index contributed by atoms with van der Waals surface area (Å²) in [6.45, 7) is 0. The van der Waals surface area contributed by atoms with E-state index in [-0.39, 0.29) is 29.6 Å². The SMILES string of the molecule is COC(=O)[C@@H]1CCC[C@H]1C(=O)c1ccc(-c2ccc(NC(=O)Nc3ccc(OC)cc3)cc2)cc1. The van der Waals surface area contributed by atoms with Crippen LogP contribution in [0.1, 0.15) is 29.6 Å². The highest BCUT2D eigenvalue weighted by atomic mass is 16.5. The molecule has 0 spiro atoms. The van der Waals surface area contributed by atoms with Crippen molar-refractivity contribution in [1.82, 2.24) is 0 Å². The number of anilines is 2. The predicted molar refractivity (Wildman–Crippen MR) is 135 cm³/mol. The molecular formula is C28H28N2O5. The van der Waals surface area contributed by atoms with E-state index in [0.29, 0.717) is 35.5 Å². The van der Waals surface area contributed by atoms with E-state index in [1.807, 2.05) is 36.4 Å². The van der Waals surface area contributed by atoms with Crippen molar-refractivity contribution in [2.45, 2.75) is 19.3 Å². The van der Waals surface area contributed by atoms with Crippen LogP contribution in [0.25, 0.3) is 11.1 Å². The summed E-state index contributed by atoms with van der Waals surface area (Å²) < 4.78 is 9.99. The normalized spacial score (nSPS) is 16.9. The number of Topliss-reactive ketones (excluding diaryl/α,β-unsaturated/α-hetero) is 1. The molecular weight excluding hydrogens is 444 g/mol. The summed E-state index contributed by atoms with van der Waals surface area (Å²) in [4.78, 5) is 37.2. The van der Waals surface area contributed by atoms with Crippen LogP contribution in [-0.4, -0.2) is 32.0 Å². The topological polar surface area (TPSA) is 93.7 Å². The molecule has 0 radical (unpaired) electrons. The minimum Gasteiger partial charge on any atom is -0.497 e. The Labute approximate surface area is 204 Å². The molecule has 2 amide bonds. The number of benzene rings is 3. The lowest BCUT2D eigenvalue weighted by atomic mass is 9.88. The summed E-state index contributed by atoms with van der Waals surface area (Å²) in [6, 6.07) is 21.6. The lowest BCUT2D eigenvalue weighted by Crippen LogP contribution is -2.26. The third-order valence-corrected chi connectivity index (χ3v) is 6.35. The third kappa shape index (κ3) is 5.69. The Hall–Kier alpha value is -4.13. The Kier molecular flexibility index (Phi) is 7.45. The Morgan fingerprint density at radius 1 is 0.714 bits per heavy atom. The second kappa shape index (κ2) is 10.9. The number of nitrogens with one attached hydrogen (secondary N) is 2. The van der Waals surface area contributed by atoms with E-state index in [4.69, 9.17) is 9.47 Å². The highest BCUT2D eigenvalue weighted by Gasteiger charge is 2.38. The summed E-state index contributed by atoms with van der Waals surface area (Å²) in [5, 5.41) is 5.58. The zero-order valence-electron chi connectivity index (χ0n) is 19.7. The number of rotatable bonds is 7. The van der Waals surface area contributed by atoms with E-state index >= 15 is 0 Å². The average molecular weight is 473 g/mol. The first-order valence-corrected chi connectivity index (χ1v) is 11.5. The second-order valence-corrected chi connectivity index (χ2v) is 8.49. The van der Waals surface area contributed by atoms with E-state index in [2.05, 4.69) is 10.6 Å². The lowest BCUT2D eigenvalue weighted by molar-refractivity contribution is -0.146. The number of hydrogen-bond donors (Lipinski definition) is 2. The van der Waals surface area contributed by atoms with Gasteiger partial charge in [-0.2, -0.15) is 0 Å². The average Bonchev–Trinajstić information content (AvgIpc) is 3.39. The van der Waals surface area contributed by atoms with Crippen LogP contribution >= 0.6 is 0 Å². The van der Waals surface area contributed by atoms with E-state index in [1.165, 1.54) is 7.11 Å². The van der Waals surface area contributed by atoms with Gasteiger partial charge in [-0.15, -0.1) is 0 Å². The van der Waals surface area contributed by atoms with Gasteiger partial charge in [-0.1, -0.05) is 42.8 Å². The number of amides is 2. The molecule has 0 unspecified atom stereocenters. The lowest BCUT2D eigenvalue weighted by Gasteiger charge is -2.16. The van der Waals surface area contributed by atoms with Crippen LogP contribution in [-0.2, 0) is 9.53 Å². The quantitative estimate of drug-likeness (QED) is 0.336. The molecule has 7 heteroatoms. The maximum absolute atomic E-state index is 13.0. The fourth-order valence-electron chi connectivity index (χ4n) is 4.46. The number of ketones is 1. The van der Waals surface area contributed by atoms with Gasteiger partial charge in [0, 0.05) is 22.9 Å². The summed E-state index contributed by atoms with van der Waals surface area (Å²) in [7, 11) is 2.95. The Bertz CT molecular complexity index is 1190. The van der Waals surface area contributed by atoms with Gasteiger partial charge in [0.05, 0.1) is 20.1 Å². The van der Waals surface area contributed by atoms with Crippen LogP contribution < -0.4 is 15.4 Å². The van der Waals surface area contributed by atoms with E-state index < -0.39 is 0 Å². The Balaban J connectivity index is 1.37. The van der Waals surface area contributed by atoms with Gasteiger partial charge in [0.2, 0.25) is 0 Å². The highest BCUT2D eigenvalue weighted by molar-refractivity contribution is 6.01. The zero-order chi connectivity index (χ0) is 24.8. The van der Waals surface area contributed by atoms with Gasteiger partial charge in [-0.3, -0.25) is 9.59 Å². The van der Waals surface area contributed by atoms with Gasteiger partial charge in [0.1, 0.15) is 5.75 Å². The van der Waals surface area contributed by atoms with Crippen molar-refractivity contribution >= 4 is 29.2 Å². The standard InChI is InChI=1S/C28H28N2O5/c1-34-23-16-14-22(15-17-23)30-28(33)29-21-12-10-19(11-13-21)18-6-8-20(9-7-18)26(31)24-4-3-5-25(24)27(32)35-2/h6-17,24-25H,3-5H2,1-2H3,(H2,29,30,33)/t24-,25-/m1/s1. The number of ether oxygens (including phenoxy) is 2. The Morgan fingerprint density at radius 3 is 1.77 bits per heavy atom. The minimum absolute atomic E-state index is 0.00753. The number of esters is 1. The number of carbonyl (C=O) groups excluding carboxylic acids is 3. The first-order chi connectivity index (χ1) is 17.0. The number of carbonyl (C=O) groups is 3. The van der Waals surface area contributed by atoms with Crippen molar-refractivity contribution in [2.75, 3.05) is 24.9 Å². The minimum atomic E-state index is -0.353. The van der Waals surface area contributed by atoms with E-state index in [1.54, 1.807) is 43.5 Å². The highest BCUT2D eigenvalue weighted by Crippen LogP contribution is 2.35. The molecule has 0 aromatic heterocycles. The van der Waals surface area contributed by atoms with Gasteiger partial charge < -0.3 is 20.1 Å². The molecule has 0 saturated heterocycles. The van der Waals surface area contributed by atoms with Crippen LogP contribution in [0.15, 0.2) is 72.8 Å². The molecule has 0 heterocycles. The van der Waals surface area contributed by atoms with Crippen LogP contribution in [0.5, 0.6) is 5.75 Å². The fraction of sp³-hybridized carbons (Fsp3) is 0.250. The van der Waals surface area contributed by atoms with Crippen LogP contribution in [0.4, 0.5) is 16.2 Å². The maximum atomic E-state index is 13.0. The second-order valence-electron chi connectivity index (χ2n) is 8.49. The van der Waals surface area contributed by atoms with Gasteiger partial charge in [-0.05, 0) is 60.4 Å². The molecule has 1 saturated carbocycles. The van der Waals surface area contributed by atoms with Crippen molar-refractivity contribution in [3.63, 3.8) is 0 Å². The largest absolute Gasteiger partial charge is 0.497 e. The van der Waals surface area contributed by atoms with Gasteiger partial charge in [-0.25, -0.2) is 4.79 Å². The molecule has 1 aliphatic rings. The first kappa shape index (κ1) is 24.0. The number of urea groups is 1. The summed E-state index contributed by atoms with van der Waals surface area (Å²) in [6.07, 6.45) is 2.26. The van der Waals surface area contributed by atoms with Gasteiger partial charge >= 0.3 is 12.0 Å².